The van der Waals surface area contributed by atoms with E-state index in [1.54, 1.807) is 4.90 Å². The van der Waals surface area contributed by atoms with Crippen LogP contribution in [0.25, 0.3) is 5.82 Å². The van der Waals surface area contributed by atoms with Gasteiger partial charge in [-0.1, -0.05) is 0 Å². The van der Waals surface area contributed by atoms with Crippen LogP contribution in [0.5, 0.6) is 0 Å². The largest absolute Gasteiger partial charge is 0.370 e. The Morgan fingerprint density at radius 3 is 2.87 bits per heavy atom. The lowest BCUT2D eigenvalue weighted by Crippen LogP contribution is -3.14. The van der Waals surface area contributed by atoms with Crippen molar-refractivity contribution in [3.05, 3.63) is 35.3 Å². The van der Waals surface area contributed by atoms with Crippen LogP contribution < -0.4 is 15.6 Å². The lowest BCUT2D eigenvalue weighted by molar-refractivity contribution is -0.908. The summed E-state index contributed by atoms with van der Waals surface area (Å²) in [7, 11) is 0. The van der Waals surface area contributed by atoms with Crippen LogP contribution in [0, 0.1) is 13.8 Å². The molecule has 9 heteroatoms. The molecule has 3 N–H and O–H groups in total. The standard InChI is InChI=1S/C21H33N7OS/c1-16(2)28-20(6-8-24-28)27-17(3)14-19(18(27)4)15-23-25-21(30)22-7-5-9-26-10-12-29-13-11-26/h6,8,14-16H,5,7,9-13H2,1-4H3,(H2,22,25,30)/p+1/b23-15-. The Morgan fingerprint density at radius 1 is 1.37 bits per heavy atom. The number of hydrogen-bond donors (Lipinski definition) is 3. The summed E-state index contributed by atoms with van der Waals surface area (Å²) in [5.41, 5.74) is 6.24. The highest BCUT2D eigenvalue weighted by molar-refractivity contribution is 7.80. The topological polar surface area (TPSA) is 72.8 Å². The van der Waals surface area contributed by atoms with E-state index in [4.69, 9.17) is 17.0 Å². The molecule has 3 rings (SSSR count). The monoisotopic (exact) mass is 432 g/mol. The normalized spacial score (nSPS) is 15.2. The lowest BCUT2D eigenvalue weighted by Gasteiger charge is -2.23. The number of nitrogens with one attached hydrogen (secondary N) is 3. The van der Waals surface area contributed by atoms with Crippen molar-refractivity contribution < 1.29 is 9.64 Å². The van der Waals surface area contributed by atoms with E-state index in [1.165, 1.54) is 0 Å². The van der Waals surface area contributed by atoms with Gasteiger partial charge in [0.25, 0.3) is 0 Å². The Morgan fingerprint density at radius 2 is 2.13 bits per heavy atom. The summed E-state index contributed by atoms with van der Waals surface area (Å²) >= 11 is 5.33. The molecule has 0 amide bonds. The minimum atomic E-state index is 0.295. The third kappa shape index (κ3) is 5.68. The number of quaternary nitrogens is 1. The van der Waals surface area contributed by atoms with Gasteiger partial charge < -0.3 is 19.5 Å². The van der Waals surface area contributed by atoms with E-state index in [2.05, 4.69) is 59.3 Å². The Bertz CT molecular complexity index is 865. The molecule has 2 aromatic rings. The van der Waals surface area contributed by atoms with Crippen LogP contribution in [0.15, 0.2) is 23.4 Å². The molecule has 0 aromatic carbocycles. The summed E-state index contributed by atoms with van der Waals surface area (Å²) in [6, 6.07) is 4.46. The second-order valence-corrected chi connectivity index (χ2v) is 8.39. The van der Waals surface area contributed by atoms with Gasteiger partial charge in [-0.15, -0.1) is 0 Å². The summed E-state index contributed by atoms with van der Waals surface area (Å²) in [6.07, 6.45) is 4.74. The minimum absolute atomic E-state index is 0.295. The van der Waals surface area contributed by atoms with Gasteiger partial charge in [0.05, 0.1) is 32.2 Å². The molecular formula is C21H34N7OS+. The van der Waals surface area contributed by atoms with Crippen LogP contribution >= 0.6 is 12.2 Å². The average Bonchev–Trinajstić information content (AvgIpc) is 3.30. The molecule has 30 heavy (non-hydrogen) atoms. The number of aryl methyl sites for hydroxylation is 1. The van der Waals surface area contributed by atoms with Gasteiger partial charge in [-0.2, -0.15) is 10.2 Å². The van der Waals surface area contributed by atoms with Crippen LogP contribution in [0.1, 0.15) is 43.3 Å². The number of rotatable bonds is 8. The molecule has 0 unspecified atom stereocenters. The fourth-order valence-electron chi connectivity index (χ4n) is 3.80. The smallest absolute Gasteiger partial charge is 0.186 e. The van der Waals surface area contributed by atoms with Gasteiger partial charge in [0.1, 0.15) is 18.9 Å². The fraction of sp³-hybridized carbons (Fsp3) is 0.571. The summed E-state index contributed by atoms with van der Waals surface area (Å²) in [6.45, 7) is 14.4. The molecule has 0 radical (unpaired) electrons. The second-order valence-electron chi connectivity index (χ2n) is 7.98. The first-order valence-electron chi connectivity index (χ1n) is 10.7. The molecule has 0 bridgehead atoms. The zero-order valence-electron chi connectivity index (χ0n) is 18.4. The van der Waals surface area contributed by atoms with Crippen molar-refractivity contribution in [3.8, 4) is 5.82 Å². The number of nitrogens with zero attached hydrogens (tertiary/aromatic N) is 4. The molecule has 1 saturated heterocycles. The molecule has 1 fully saturated rings. The van der Waals surface area contributed by atoms with E-state index < -0.39 is 0 Å². The summed E-state index contributed by atoms with van der Waals surface area (Å²) in [5, 5.41) is 12.6. The number of hydrazone groups is 1. The van der Waals surface area contributed by atoms with Crippen molar-refractivity contribution in [2.45, 2.75) is 40.2 Å². The first kappa shape index (κ1) is 22.5. The van der Waals surface area contributed by atoms with E-state index in [1.807, 2.05) is 23.2 Å². The minimum Gasteiger partial charge on any atom is -0.370 e. The van der Waals surface area contributed by atoms with Gasteiger partial charge in [-0.25, -0.2) is 4.68 Å². The Labute approximate surface area is 184 Å². The molecule has 0 spiro atoms. The molecular weight excluding hydrogens is 398 g/mol. The highest BCUT2D eigenvalue weighted by atomic mass is 32.1. The third-order valence-electron chi connectivity index (χ3n) is 5.40. The van der Waals surface area contributed by atoms with Gasteiger partial charge in [-0.3, -0.25) is 5.43 Å². The van der Waals surface area contributed by atoms with Crippen LogP contribution in [0.3, 0.4) is 0 Å². The first-order chi connectivity index (χ1) is 14.5. The van der Waals surface area contributed by atoms with E-state index in [0.29, 0.717) is 11.2 Å². The Balaban J connectivity index is 1.50. The second kappa shape index (κ2) is 10.7. The van der Waals surface area contributed by atoms with Crippen molar-refractivity contribution in [2.24, 2.45) is 5.10 Å². The Kier molecular flexibility index (Phi) is 8.01. The van der Waals surface area contributed by atoms with Gasteiger partial charge in [0.15, 0.2) is 5.11 Å². The molecule has 1 aliphatic heterocycles. The summed E-state index contributed by atoms with van der Waals surface area (Å²) in [5.74, 6) is 1.06. The van der Waals surface area contributed by atoms with Crippen LogP contribution in [0.4, 0.5) is 0 Å². The SMILES string of the molecule is Cc1cc(/C=N\NC(=S)NCCC[NH+]2CCOCC2)c(C)n1-c1ccnn1C(C)C. The number of morpholine rings is 1. The average molecular weight is 433 g/mol. The highest BCUT2D eigenvalue weighted by Crippen LogP contribution is 2.21. The van der Waals surface area contributed by atoms with E-state index in [-0.39, 0.29) is 0 Å². The zero-order valence-corrected chi connectivity index (χ0v) is 19.3. The zero-order chi connectivity index (χ0) is 21.5. The van der Waals surface area contributed by atoms with Gasteiger partial charge in [0, 0.05) is 42.0 Å². The van der Waals surface area contributed by atoms with Gasteiger partial charge in [0.2, 0.25) is 0 Å². The summed E-state index contributed by atoms with van der Waals surface area (Å²) < 4.78 is 9.62. The van der Waals surface area contributed by atoms with Crippen LogP contribution in [-0.4, -0.2) is 65.1 Å². The van der Waals surface area contributed by atoms with Gasteiger partial charge >= 0.3 is 0 Å². The van der Waals surface area contributed by atoms with Crippen molar-refractivity contribution >= 4 is 23.5 Å². The number of hydrogen-bond acceptors (Lipinski definition) is 4. The molecule has 8 nitrogen and oxygen atoms in total. The van der Waals surface area contributed by atoms with Gasteiger partial charge in [-0.05, 0) is 46.0 Å². The fourth-order valence-corrected chi connectivity index (χ4v) is 3.96. The molecule has 0 atom stereocenters. The summed E-state index contributed by atoms with van der Waals surface area (Å²) in [4.78, 5) is 1.61. The van der Waals surface area contributed by atoms with Crippen molar-refractivity contribution in [1.29, 1.82) is 0 Å². The molecule has 1 aliphatic rings. The quantitative estimate of drug-likeness (QED) is 0.251. The highest BCUT2D eigenvalue weighted by Gasteiger charge is 2.15. The predicted octanol–water partition coefficient (Wildman–Crippen LogP) is 0.975. The van der Waals surface area contributed by atoms with Crippen LogP contribution in [-0.2, 0) is 4.74 Å². The van der Waals surface area contributed by atoms with Crippen molar-refractivity contribution in [1.82, 2.24) is 25.1 Å². The maximum atomic E-state index is 5.39. The Hall–Kier alpha value is -2.23. The van der Waals surface area contributed by atoms with Crippen molar-refractivity contribution in [3.63, 3.8) is 0 Å². The van der Waals surface area contributed by atoms with Crippen LogP contribution in [0.2, 0.25) is 0 Å². The molecule has 0 aliphatic carbocycles. The predicted molar refractivity (Wildman–Crippen MR) is 124 cm³/mol. The maximum Gasteiger partial charge on any atom is 0.186 e. The molecule has 164 valence electrons. The number of aromatic nitrogens is 3. The van der Waals surface area contributed by atoms with E-state index in [0.717, 1.165) is 68.6 Å². The number of thiocarbonyl (C=S) groups is 1. The number of ether oxygens (including phenoxy) is 1. The van der Waals surface area contributed by atoms with E-state index >= 15 is 0 Å². The molecule has 2 aromatic heterocycles. The van der Waals surface area contributed by atoms with E-state index in [9.17, 15) is 0 Å². The first-order valence-corrected chi connectivity index (χ1v) is 11.1. The molecule has 0 saturated carbocycles. The maximum absolute atomic E-state index is 5.39. The lowest BCUT2D eigenvalue weighted by atomic mass is 10.3. The van der Waals surface area contributed by atoms with Crippen molar-refractivity contribution in [2.75, 3.05) is 39.4 Å². The third-order valence-corrected chi connectivity index (χ3v) is 5.64. The molecule has 3 heterocycles.